The van der Waals surface area contributed by atoms with Gasteiger partial charge in [0.15, 0.2) is 0 Å². The Labute approximate surface area is 285 Å². The number of carboxylic acids is 1. The first-order chi connectivity index (χ1) is 22.5. The summed E-state index contributed by atoms with van der Waals surface area (Å²) in [6, 6.07) is 16.8. The molecule has 7 nitrogen and oxygen atoms in total. The number of nitrogens with zero attached hydrogens (tertiary/aromatic N) is 2. The van der Waals surface area contributed by atoms with Gasteiger partial charge in [0.05, 0.1) is 24.7 Å². The molecule has 1 aliphatic carbocycles. The molecule has 1 fully saturated rings. The monoisotopic (exact) mass is 662 g/mol. The van der Waals surface area contributed by atoms with Crippen molar-refractivity contribution in [3.63, 3.8) is 0 Å². The Morgan fingerprint density at radius 2 is 1.85 bits per heavy atom. The fourth-order valence-corrected chi connectivity index (χ4v) is 7.06. The van der Waals surface area contributed by atoms with E-state index < -0.39 is 5.97 Å². The van der Waals surface area contributed by atoms with Crippen LogP contribution in [0.15, 0.2) is 48.5 Å². The van der Waals surface area contributed by atoms with Crippen molar-refractivity contribution in [3.8, 4) is 28.4 Å². The summed E-state index contributed by atoms with van der Waals surface area (Å²) in [7, 11) is 0. The Kier molecular flexibility index (Phi) is 11.4. The van der Waals surface area contributed by atoms with E-state index in [0.29, 0.717) is 48.4 Å². The highest BCUT2D eigenvalue weighted by molar-refractivity contribution is 6.32. The minimum atomic E-state index is -0.809. The predicted octanol–water partition coefficient (Wildman–Crippen LogP) is 8.72. The molecular formula is C39H51ClN2O5. The highest BCUT2D eigenvalue weighted by Crippen LogP contribution is 2.44. The lowest BCUT2D eigenvalue weighted by atomic mass is 9.89. The van der Waals surface area contributed by atoms with Crippen molar-refractivity contribution >= 4 is 17.6 Å². The van der Waals surface area contributed by atoms with Crippen LogP contribution in [-0.2, 0) is 17.8 Å². The van der Waals surface area contributed by atoms with Gasteiger partial charge in [-0.3, -0.25) is 14.6 Å². The lowest BCUT2D eigenvalue weighted by molar-refractivity contribution is -0.137. The molecule has 3 aromatic rings. The number of carboxylic acid groups (broad SMARTS) is 1. The van der Waals surface area contributed by atoms with Crippen molar-refractivity contribution in [1.29, 1.82) is 0 Å². The molecule has 8 heteroatoms. The summed E-state index contributed by atoms with van der Waals surface area (Å²) in [6.07, 6.45) is 4.00. The van der Waals surface area contributed by atoms with Crippen LogP contribution in [0.2, 0.25) is 5.02 Å². The molecule has 0 amide bonds. The number of hydrogen-bond donors (Lipinski definition) is 1. The molecule has 2 aliphatic rings. The van der Waals surface area contributed by atoms with Crippen LogP contribution in [0.3, 0.4) is 0 Å². The minimum Gasteiger partial charge on any atom is -0.493 e. The molecule has 0 aromatic heterocycles. The van der Waals surface area contributed by atoms with E-state index in [1.807, 2.05) is 19.1 Å². The van der Waals surface area contributed by atoms with Gasteiger partial charge in [0.1, 0.15) is 23.4 Å². The fourth-order valence-electron chi connectivity index (χ4n) is 6.83. The number of aliphatic carboxylic acids is 1. The molecule has 254 valence electrons. The zero-order valence-electron chi connectivity index (χ0n) is 28.9. The Hall–Kier alpha value is -3.26. The largest absolute Gasteiger partial charge is 0.493 e. The fraction of sp³-hybridized carbons (Fsp3) is 0.513. The van der Waals surface area contributed by atoms with Crippen LogP contribution < -0.4 is 14.2 Å². The van der Waals surface area contributed by atoms with Crippen LogP contribution in [0.1, 0.15) is 88.7 Å². The standard InChI is InChI=1S/C39H51ClN2O5/c1-7-45-36-24-37(33(40)23-28(36)25-41(26(2)3)20-17-38(43)44)47-35-16-15-31-30(12-8-13-32(31)35)29-11-9-14-34(27(29)4)46-22-10-19-42-21-18-39(42,5)6/h8-9,11-14,23-24,26,35H,7,10,15-22,25H2,1-6H3,(H,43,44)/t35-/m0/s1. The van der Waals surface area contributed by atoms with Gasteiger partial charge in [-0.1, -0.05) is 41.9 Å². The van der Waals surface area contributed by atoms with Crippen LogP contribution in [-0.4, -0.2) is 65.3 Å². The average molecular weight is 663 g/mol. The van der Waals surface area contributed by atoms with Gasteiger partial charge in [0, 0.05) is 49.4 Å². The third-order valence-corrected chi connectivity index (χ3v) is 10.2. The smallest absolute Gasteiger partial charge is 0.304 e. The summed E-state index contributed by atoms with van der Waals surface area (Å²) < 4.78 is 19.0. The molecule has 0 radical (unpaired) electrons. The molecule has 47 heavy (non-hydrogen) atoms. The van der Waals surface area contributed by atoms with Gasteiger partial charge in [-0.15, -0.1) is 0 Å². The summed E-state index contributed by atoms with van der Waals surface area (Å²) in [5.41, 5.74) is 7.32. The highest BCUT2D eigenvalue weighted by atomic mass is 35.5. The maximum atomic E-state index is 11.2. The number of ether oxygens (including phenoxy) is 3. The molecule has 1 heterocycles. The number of fused-ring (bicyclic) bond motifs is 1. The summed E-state index contributed by atoms with van der Waals surface area (Å²) in [5, 5.41) is 9.75. The van der Waals surface area contributed by atoms with E-state index in [1.165, 1.54) is 35.2 Å². The minimum absolute atomic E-state index is 0.0778. The van der Waals surface area contributed by atoms with E-state index in [-0.39, 0.29) is 18.6 Å². The summed E-state index contributed by atoms with van der Waals surface area (Å²) in [5.74, 6) is 1.44. The average Bonchev–Trinajstić information content (AvgIpc) is 3.44. The number of halogens is 1. The van der Waals surface area contributed by atoms with Crippen molar-refractivity contribution in [1.82, 2.24) is 9.80 Å². The molecule has 0 bridgehead atoms. The number of carbonyl (C=O) groups is 1. The van der Waals surface area contributed by atoms with Crippen molar-refractivity contribution in [2.24, 2.45) is 0 Å². The van der Waals surface area contributed by atoms with Gasteiger partial charge < -0.3 is 19.3 Å². The first kappa shape index (κ1) is 35.1. The van der Waals surface area contributed by atoms with E-state index in [9.17, 15) is 9.90 Å². The van der Waals surface area contributed by atoms with E-state index >= 15 is 0 Å². The molecule has 1 atom stereocenters. The third kappa shape index (κ3) is 8.25. The maximum absolute atomic E-state index is 11.2. The molecule has 1 N–H and O–H groups in total. The first-order valence-corrected chi connectivity index (χ1v) is 17.5. The van der Waals surface area contributed by atoms with Gasteiger partial charge in [-0.2, -0.15) is 0 Å². The maximum Gasteiger partial charge on any atom is 0.304 e. The second kappa shape index (κ2) is 15.3. The predicted molar refractivity (Wildman–Crippen MR) is 189 cm³/mol. The van der Waals surface area contributed by atoms with Crippen LogP contribution >= 0.6 is 11.6 Å². The second-order valence-corrected chi connectivity index (χ2v) is 14.1. The first-order valence-electron chi connectivity index (χ1n) is 17.2. The molecule has 1 saturated heterocycles. The van der Waals surface area contributed by atoms with Crippen molar-refractivity contribution < 1.29 is 24.1 Å². The van der Waals surface area contributed by atoms with E-state index in [4.69, 9.17) is 25.8 Å². The molecule has 5 rings (SSSR count). The molecule has 0 unspecified atom stereocenters. The van der Waals surface area contributed by atoms with Crippen molar-refractivity contribution in [2.45, 2.75) is 97.9 Å². The number of benzene rings is 3. The molecular weight excluding hydrogens is 612 g/mol. The molecule has 0 saturated carbocycles. The second-order valence-electron chi connectivity index (χ2n) is 13.7. The molecule has 1 aliphatic heterocycles. The van der Waals surface area contributed by atoms with E-state index in [2.05, 4.69) is 80.8 Å². The summed E-state index contributed by atoms with van der Waals surface area (Å²) >= 11 is 6.85. The quantitative estimate of drug-likeness (QED) is 0.154. The Morgan fingerprint density at radius 1 is 1.09 bits per heavy atom. The SMILES string of the molecule is CCOc1cc(O[C@H]2CCc3c(-c4cccc(OCCCN5CCC5(C)C)c4C)cccc32)c(Cl)cc1CN(CCC(=O)O)C(C)C. The Bertz CT molecular complexity index is 1550. The normalized spacial score (nSPS) is 17.1. The van der Waals surface area contributed by atoms with Crippen molar-refractivity contribution in [3.05, 3.63) is 75.8 Å². The summed E-state index contributed by atoms with van der Waals surface area (Å²) in [6.45, 7) is 17.3. The Balaban J connectivity index is 1.31. The zero-order chi connectivity index (χ0) is 33.7. The van der Waals surface area contributed by atoms with Gasteiger partial charge in [0.2, 0.25) is 0 Å². The third-order valence-electron chi connectivity index (χ3n) is 9.87. The van der Waals surface area contributed by atoms with Crippen LogP contribution in [0.4, 0.5) is 0 Å². The molecule has 0 spiro atoms. The number of likely N-dealkylation sites (tertiary alicyclic amines) is 1. The van der Waals surface area contributed by atoms with Gasteiger partial charge in [-0.05, 0) is 107 Å². The van der Waals surface area contributed by atoms with E-state index in [0.717, 1.165) is 42.7 Å². The van der Waals surface area contributed by atoms with Gasteiger partial charge in [0.25, 0.3) is 0 Å². The van der Waals surface area contributed by atoms with Crippen LogP contribution in [0.25, 0.3) is 11.1 Å². The Morgan fingerprint density at radius 3 is 2.53 bits per heavy atom. The lowest BCUT2D eigenvalue weighted by Gasteiger charge is -2.48. The van der Waals surface area contributed by atoms with Gasteiger partial charge >= 0.3 is 5.97 Å². The highest BCUT2D eigenvalue weighted by Gasteiger charge is 2.35. The number of rotatable bonds is 16. The lowest BCUT2D eigenvalue weighted by Crippen LogP contribution is -2.55. The number of hydrogen-bond acceptors (Lipinski definition) is 6. The van der Waals surface area contributed by atoms with Crippen molar-refractivity contribution in [2.75, 3.05) is 32.8 Å². The van der Waals surface area contributed by atoms with Crippen LogP contribution in [0, 0.1) is 6.92 Å². The van der Waals surface area contributed by atoms with E-state index in [1.54, 1.807) is 0 Å². The topological polar surface area (TPSA) is 71.5 Å². The van der Waals surface area contributed by atoms with Gasteiger partial charge in [-0.25, -0.2) is 0 Å². The van der Waals surface area contributed by atoms with Crippen LogP contribution in [0.5, 0.6) is 17.2 Å². The molecule has 3 aromatic carbocycles. The zero-order valence-corrected chi connectivity index (χ0v) is 29.7. The summed E-state index contributed by atoms with van der Waals surface area (Å²) in [4.78, 5) is 15.9.